The lowest BCUT2D eigenvalue weighted by Gasteiger charge is -2.10. The van der Waals surface area contributed by atoms with Gasteiger partial charge < -0.3 is 19.4 Å². The predicted octanol–water partition coefficient (Wildman–Crippen LogP) is 4.31. The molecular formula is C23H22N4O4S2. The monoisotopic (exact) mass is 482 g/mol. The zero-order valence-electron chi connectivity index (χ0n) is 18.4. The fourth-order valence-corrected chi connectivity index (χ4v) is 5.53. The molecule has 0 saturated heterocycles. The van der Waals surface area contributed by atoms with E-state index in [2.05, 4.69) is 10.3 Å². The highest BCUT2D eigenvalue weighted by Gasteiger charge is 2.15. The molecule has 3 heterocycles. The average molecular weight is 483 g/mol. The van der Waals surface area contributed by atoms with Crippen LogP contribution in [-0.2, 0) is 11.3 Å². The van der Waals surface area contributed by atoms with Crippen LogP contribution < -0.4 is 15.8 Å². The summed E-state index contributed by atoms with van der Waals surface area (Å²) >= 11 is 3.22. The molecule has 0 atom stereocenters. The Balaban J connectivity index is 1.33. The maximum Gasteiger partial charge on any atom is 0.419 e. The molecule has 0 spiro atoms. The molecule has 0 aliphatic carbocycles. The number of aryl methyl sites for hydroxylation is 1. The second-order valence-corrected chi connectivity index (χ2v) is 10.1. The summed E-state index contributed by atoms with van der Waals surface area (Å²) < 4.78 is 14.9. The molecule has 0 bridgehead atoms. The molecule has 2 aromatic carbocycles. The zero-order chi connectivity index (χ0) is 23.1. The molecule has 0 radical (unpaired) electrons. The third-order valence-electron chi connectivity index (χ3n) is 5.25. The van der Waals surface area contributed by atoms with Gasteiger partial charge in [0.15, 0.2) is 12.2 Å². The molecule has 0 aliphatic rings. The van der Waals surface area contributed by atoms with Crippen molar-refractivity contribution < 1.29 is 13.9 Å². The SMILES string of the molecule is Cc1nc2c(cc(OCC(=O)Nc3ccc4oc(=O)n(CCN(C)C)c4c3)c3ccsc32)s1. The van der Waals surface area contributed by atoms with E-state index in [0.29, 0.717) is 35.6 Å². The van der Waals surface area contributed by atoms with Crippen molar-refractivity contribution >= 4 is 65.7 Å². The number of benzene rings is 2. The lowest BCUT2D eigenvalue weighted by atomic mass is 10.2. The van der Waals surface area contributed by atoms with Crippen LogP contribution >= 0.6 is 22.7 Å². The van der Waals surface area contributed by atoms with Crippen LogP contribution in [0, 0.1) is 6.92 Å². The third kappa shape index (κ3) is 4.24. The highest BCUT2D eigenvalue weighted by atomic mass is 32.1. The predicted molar refractivity (Wildman–Crippen MR) is 133 cm³/mol. The normalized spacial score (nSPS) is 11.8. The third-order valence-corrected chi connectivity index (χ3v) is 7.09. The van der Waals surface area contributed by atoms with Crippen LogP contribution in [0.2, 0.25) is 0 Å². The Morgan fingerprint density at radius 1 is 1.27 bits per heavy atom. The number of fused-ring (bicyclic) bond motifs is 4. The van der Waals surface area contributed by atoms with E-state index in [1.165, 1.54) is 0 Å². The van der Waals surface area contributed by atoms with Crippen molar-refractivity contribution in [3.63, 3.8) is 0 Å². The summed E-state index contributed by atoms with van der Waals surface area (Å²) in [4.78, 5) is 31.4. The maximum atomic E-state index is 12.6. The number of thiophene rings is 1. The van der Waals surface area contributed by atoms with E-state index in [0.717, 1.165) is 25.3 Å². The minimum Gasteiger partial charge on any atom is -0.483 e. The molecule has 0 fully saturated rings. The first-order chi connectivity index (χ1) is 15.9. The Morgan fingerprint density at radius 2 is 2.12 bits per heavy atom. The highest BCUT2D eigenvalue weighted by Crippen LogP contribution is 2.38. The Bertz CT molecular complexity index is 1540. The average Bonchev–Trinajstić information content (AvgIpc) is 3.46. The number of hydrogen-bond donors (Lipinski definition) is 1. The minimum absolute atomic E-state index is 0.134. The van der Waals surface area contributed by atoms with E-state index in [4.69, 9.17) is 9.15 Å². The van der Waals surface area contributed by atoms with Gasteiger partial charge in [-0.25, -0.2) is 9.78 Å². The molecule has 0 saturated carbocycles. The molecular weight excluding hydrogens is 460 g/mol. The smallest absolute Gasteiger partial charge is 0.419 e. The molecule has 1 N–H and O–H groups in total. The second-order valence-electron chi connectivity index (χ2n) is 7.96. The van der Waals surface area contributed by atoms with Gasteiger partial charge in [-0.3, -0.25) is 9.36 Å². The summed E-state index contributed by atoms with van der Waals surface area (Å²) in [6, 6.07) is 9.08. The topological polar surface area (TPSA) is 89.6 Å². The maximum absolute atomic E-state index is 12.6. The van der Waals surface area contributed by atoms with E-state index in [1.807, 2.05) is 43.4 Å². The van der Waals surface area contributed by atoms with Crippen LogP contribution in [0.1, 0.15) is 5.01 Å². The summed E-state index contributed by atoms with van der Waals surface area (Å²) in [6.45, 7) is 3.04. The lowest BCUT2D eigenvalue weighted by Crippen LogP contribution is -2.23. The summed E-state index contributed by atoms with van der Waals surface area (Å²) in [5.41, 5.74) is 2.69. The summed E-state index contributed by atoms with van der Waals surface area (Å²) in [5, 5.41) is 6.80. The number of amides is 1. The number of anilines is 1. The van der Waals surface area contributed by atoms with Gasteiger partial charge in [-0.2, -0.15) is 0 Å². The molecule has 0 unspecified atom stereocenters. The van der Waals surface area contributed by atoms with Crippen LogP contribution in [0.3, 0.4) is 0 Å². The van der Waals surface area contributed by atoms with Gasteiger partial charge in [-0.05, 0) is 50.7 Å². The molecule has 5 rings (SSSR count). The zero-order valence-corrected chi connectivity index (χ0v) is 20.0. The molecule has 5 aromatic rings. The fourth-order valence-electron chi connectivity index (χ4n) is 3.70. The van der Waals surface area contributed by atoms with Crippen molar-refractivity contribution in [3.8, 4) is 5.75 Å². The molecule has 1 amide bonds. The standard InChI is InChI=1S/C23H22N4O4S2/c1-13-24-21-19(33-13)11-18(15-6-9-32-22(15)21)30-12-20(28)25-14-4-5-17-16(10-14)27(23(29)31-17)8-7-26(2)3/h4-6,9-11H,7-8,12H2,1-3H3,(H,25,28). The Kier molecular flexibility index (Phi) is 5.65. The molecule has 10 heteroatoms. The minimum atomic E-state index is -0.410. The first-order valence-electron chi connectivity index (χ1n) is 10.4. The van der Waals surface area contributed by atoms with Gasteiger partial charge in [0.25, 0.3) is 5.91 Å². The van der Waals surface area contributed by atoms with Gasteiger partial charge in [-0.1, -0.05) is 0 Å². The number of nitrogens with zero attached hydrogens (tertiary/aromatic N) is 3. The van der Waals surface area contributed by atoms with Crippen molar-refractivity contribution in [2.24, 2.45) is 0 Å². The van der Waals surface area contributed by atoms with Crippen LogP contribution in [0.15, 0.2) is 44.9 Å². The van der Waals surface area contributed by atoms with Gasteiger partial charge in [0.2, 0.25) is 0 Å². The number of rotatable bonds is 7. The number of likely N-dealkylation sites (N-methyl/N-ethyl adjacent to an activating group) is 1. The highest BCUT2D eigenvalue weighted by molar-refractivity contribution is 7.21. The Hall–Kier alpha value is -3.21. The number of carbonyl (C=O) groups is 1. The summed E-state index contributed by atoms with van der Waals surface area (Å²) in [5.74, 6) is -0.0310. The van der Waals surface area contributed by atoms with E-state index >= 15 is 0 Å². The Morgan fingerprint density at radius 3 is 2.94 bits per heavy atom. The van der Waals surface area contributed by atoms with Gasteiger partial charge in [0.05, 0.1) is 25.4 Å². The van der Waals surface area contributed by atoms with E-state index in [-0.39, 0.29) is 12.5 Å². The van der Waals surface area contributed by atoms with Crippen LogP contribution in [-0.4, -0.2) is 47.6 Å². The number of hydrogen-bond acceptors (Lipinski definition) is 8. The van der Waals surface area contributed by atoms with Crippen molar-refractivity contribution in [3.05, 3.63) is 51.3 Å². The number of carbonyl (C=O) groups excluding carboxylic acids is 1. The number of oxazole rings is 1. The number of thiazole rings is 1. The first-order valence-corrected chi connectivity index (χ1v) is 12.1. The van der Waals surface area contributed by atoms with Gasteiger partial charge in [0.1, 0.15) is 5.75 Å². The van der Waals surface area contributed by atoms with Crippen molar-refractivity contribution in [1.82, 2.24) is 14.5 Å². The molecule has 0 aliphatic heterocycles. The van der Waals surface area contributed by atoms with Crippen molar-refractivity contribution in [1.29, 1.82) is 0 Å². The first kappa shape index (κ1) is 21.6. The van der Waals surface area contributed by atoms with Crippen LogP contribution in [0.25, 0.3) is 31.4 Å². The summed E-state index contributed by atoms with van der Waals surface area (Å²) in [6.07, 6.45) is 0. The van der Waals surface area contributed by atoms with E-state index in [9.17, 15) is 9.59 Å². The van der Waals surface area contributed by atoms with Crippen molar-refractivity contribution in [2.75, 3.05) is 32.6 Å². The van der Waals surface area contributed by atoms with E-state index in [1.54, 1.807) is 45.4 Å². The van der Waals surface area contributed by atoms with Crippen LogP contribution in [0.4, 0.5) is 5.69 Å². The molecule has 8 nitrogen and oxygen atoms in total. The van der Waals surface area contributed by atoms with Gasteiger partial charge in [-0.15, -0.1) is 22.7 Å². The molecule has 33 heavy (non-hydrogen) atoms. The molecule has 170 valence electrons. The van der Waals surface area contributed by atoms with Gasteiger partial charge in [0, 0.05) is 30.2 Å². The fraction of sp³-hybridized carbons (Fsp3) is 0.261. The second kappa shape index (κ2) is 8.62. The Labute approximate surface area is 197 Å². The lowest BCUT2D eigenvalue weighted by molar-refractivity contribution is -0.118. The van der Waals surface area contributed by atoms with Crippen LogP contribution in [0.5, 0.6) is 5.75 Å². The van der Waals surface area contributed by atoms with Gasteiger partial charge >= 0.3 is 5.76 Å². The largest absolute Gasteiger partial charge is 0.483 e. The quantitative estimate of drug-likeness (QED) is 0.372. The number of nitrogens with one attached hydrogen (secondary N) is 1. The number of aromatic nitrogens is 2. The van der Waals surface area contributed by atoms with Crippen molar-refractivity contribution in [2.45, 2.75) is 13.5 Å². The summed E-state index contributed by atoms with van der Waals surface area (Å²) in [7, 11) is 3.88. The van der Waals surface area contributed by atoms with E-state index < -0.39 is 5.76 Å². The number of ether oxygens (including phenoxy) is 1. The molecule has 3 aromatic heterocycles.